The van der Waals surface area contributed by atoms with E-state index in [9.17, 15) is 9.18 Å². The average Bonchev–Trinajstić information content (AvgIpc) is 2.36. The number of rotatable bonds is 2. The van der Waals surface area contributed by atoms with Crippen molar-refractivity contribution >= 4 is 5.91 Å². The van der Waals surface area contributed by atoms with Crippen LogP contribution in [0.5, 0.6) is 0 Å². The number of hydrogen-bond donors (Lipinski definition) is 1. The first kappa shape index (κ1) is 13.0. The van der Waals surface area contributed by atoms with Crippen LogP contribution >= 0.6 is 0 Å². The van der Waals surface area contributed by atoms with Gasteiger partial charge in [0.1, 0.15) is 5.82 Å². The molecule has 0 aliphatic carbocycles. The maximum atomic E-state index is 13.6. The van der Waals surface area contributed by atoms with E-state index in [4.69, 9.17) is 5.73 Å². The van der Waals surface area contributed by atoms with Gasteiger partial charge in [0.05, 0.1) is 6.04 Å². The summed E-state index contributed by atoms with van der Waals surface area (Å²) in [5.74, 6) is -0.0981. The lowest BCUT2D eigenvalue weighted by Gasteiger charge is -2.32. The van der Waals surface area contributed by atoms with Gasteiger partial charge in [-0.3, -0.25) is 4.79 Å². The molecule has 0 aromatic heterocycles. The third kappa shape index (κ3) is 2.38. The summed E-state index contributed by atoms with van der Waals surface area (Å²) in [7, 11) is 0. The molecule has 1 aromatic rings. The first-order valence-corrected chi connectivity index (χ1v) is 6.31. The summed E-state index contributed by atoms with van der Waals surface area (Å²) < 4.78 is 13.6. The standard InChI is InChI=1S/C14H19FN2O/c1-9(2)13(16)14(18)17-7-6-11-10(8-17)4-3-5-12(11)15/h3-5,9,13H,6-8,16H2,1-2H3. The van der Waals surface area contributed by atoms with Crippen molar-refractivity contribution in [3.05, 3.63) is 35.1 Å². The number of nitrogens with two attached hydrogens (primary N) is 1. The highest BCUT2D eigenvalue weighted by atomic mass is 19.1. The summed E-state index contributed by atoms with van der Waals surface area (Å²) in [5.41, 5.74) is 7.51. The molecule has 18 heavy (non-hydrogen) atoms. The predicted octanol–water partition coefficient (Wildman–Crippen LogP) is 1.69. The second-order valence-electron chi connectivity index (χ2n) is 5.16. The summed E-state index contributed by atoms with van der Waals surface area (Å²) in [4.78, 5) is 13.9. The van der Waals surface area contributed by atoms with Gasteiger partial charge in [-0.1, -0.05) is 26.0 Å². The Morgan fingerprint density at radius 2 is 2.17 bits per heavy atom. The number of carbonyl (C=O) groups excluding carboxylic acids is 1. The van der Waals surface area contributed by atoms with Crippen LogP contribution in [0, 0.1) is 11.7 Å². The molecule has 1 aliphatic rings. The third-order valence-corrected chi connectivity index (χ3v) is 3.52. The SMILES string of the molecule is CC(C)C(N)C(=O)N1CCc2c(F)cccc2C1. The highest BCUT2D eigenvalue weighted by Gasteiger charge is 2.27. The van der Waals surface area contributed by atoms with Crippen molar-refractivity contribution in [2.45, 2.75) is 32.9 Å². The van der Waals surface area contributed by atoms with E-state index in [1.165, 1.54) is 6.07 Å². The molecule has 1 heterocycles. The Hall–Kier alpha value is -1.42. The lowest BCUT2D eigenvalue weighted by molar-refractivity contribution is -0.134. The number of nitrogens with zero attached hydrogens (tertiary/aromatic N) is 1. The van der Waals surface area contributed by atoms with Crippen molar-refractivity contribution in [3.63, 3.8) is 0 Å². The first-order valence-electron chi connectivity index (χ1n) is 6.31. The molecular weight excluding hydrogens is 231 g/mol. The number of amides is 1. The maximum absolute atomic E-state index is 13.6. The molecule has 0 radical (unpaired) electrons. The van der Waals surface area contributed by atoms with Crippen LogP contribution in [0.1, 0.15) is 25.0 Å². The fourth-order valence-corrected chi connectivity index (χ4v) is 2.25. The van der Waals surface area contributed by atoms with Crippen LogP contribution in [0.2, 0.25) is 0 Å². The van der Waals surface area contributed by atoms with Crippen molar-refractivity contribution in [2.75, 3.05) is 6.54 Å². The minimum Gasteiger partial charge on any atom is -0.337 e. The molecule has 1 amide bonds. The molecule has 0 spiro atoms. The quantitative estimate of drug-likeness (QED) is 0.868. The van der Waals surface area contributed by atoms with Gasteiger partial charge in [0, 0.05) is 13.1 Å². The van der Waals surface area contributed by atoms with Gasteiger partial charge >= 0.3 is 0 Å². The molecule has 2 rings (SSSR count). The van der Waals surface area contributed by atoms with Crippen molar-refractivity contribution in [2.24, 2.45) is 11.7 Å². The van der Waals surface area contributed by atoms with E-state index in [0.29, 0.717) is 19.5 Å². The average molecular weight is 250 g/mol. The van der Waals surface area contributed by atoms with Gasteiger partial charge in [0.15, 0.2) is 0 Å². The lowest BCUT2D eigenvalue weighted by Crippen LogP contribution is -2.48. The Balaban J connectivity index is 2.15. The Morgan fingerprint density at radius 3 is 2.83 bits per heavy atom. The predicted molar refractivity (Wildman–Crippen MR) is 68.3 cm³/mol. The second kappa shape index (κ2) is 5.06. The summed E-state index contributed by atoms with van der Waals surface area (Å²) in [6, 6.07) is 4.56. The van der Waals surface area contributed by atoms with E-state index in [-0.39, 0.29) is 17.6 Å². The number of hydrogen-bond acceptors (Lipinski definition) is 2. The third-order valence-electron chi connectivity index (χ3n) is 3.52. The monoisotopic (exact) mass is 250 g/mol. The number of fused-ring (bicyclic) bond motifs is 1. The maximum Gasteiger partial charge on any atom is 0.240 e. The lowest BCUT2D eigenvalue weighted by atomic mass is 9.97. The Bertz CT molecular complexity index is 459. The van der Waals surface area contributed by atoms with Crippen LogP contribution in [0.4, 0.5) is 4.39 Å². The first-order chi connectivity index (χ1) is 8.50. The number of benzene rings is 1. The fourth-order valence-electron chi connectivity index (χ4n) is 2.25. The Kier molecular flexibility index (Phi) is 3.66. The van der Waals surface area contributed by atoms with Crippen molar-refractivity contribution < 1.29 is 9.18 Å². The zero-order valence-corrected chi connectivity index (χ0v) is 10.8. The van der Waals surface area contributed by atoms with Crippen LogP contribution in [0.3, 0.4) is 0 Å². The Labute approximate surface area is 107 Å². The molecule has 98 valence electrons. The summed E-state index contributed by atoms with van der Waals surface area (Å²) >= 11 is 0. The van der Waals surface area contributed by atoms with Crippen molar-refractivity contribution in [3.8, 4) is 0 Å². The molecular formula is C14H19FN2O. The van der Waals surface area contributed by atoms with Crippen LogP contribution in [-0.2, 0) is 17.8 Å². The van der Waals surface area contributed by atoms with E-state index in [1.54, 1.807) is 11.0 Å². The minimum atomic E-state index is -0.472. The van der Waals surface area contributed by atoms with Gasteiger partial charge in [-0.15, -0.1) is 0 Å². The van der Waals surface area contributed by atoms with Gasteiger partial charge in [0.25, 0.3) is 0 Å². The van der Waals surface area contributed by atoms with Crippen LogP contribution in [0.15, 0.2) is 18.2 Å². The highest BCUT2D eigenvalue weighted by Crippen LogP contribution is 2.22. The topological polar surface area (TPSA) is 46.3 Å². The highest BCUT2D eigenvalue weighted by molar-refractivity contribution is 5.82. The van der Waals surface area contributed by atoms with Gasteiger partial charge in [-0.25, -0.2) is 4.39 Å². The van der Waals surface area contributed by atoms with Crippen molar-refractivity contribution in [1.29, 1.82) is 0 Å². The molecule has 1 aliphatic heterocycles. The largest absolute Gasteiger partial charge is 0.337 e. The Morgan fingerprint density at radius 1 is 1.44 bits per heavy atom. The van der Waals surface area contributed by atoms with Crippen LogP contribution in [-0.4, -0.2) is 23.4 Å². The molecule has 3 nitrogen and oxygen atoms in total. The van der Waals surface area contributed by atoms with E-state index in [1.807, 2.05) is 19.9 Å². The van der Waals surface area contributed by atoms with Crippen molar-refractivity contribution in [1.82, 2.24) is 4.90 Å². The van der Waals surface area contributed by atoms with Crippen LogP contribution < -0.4 is 5.73 Å². The summed E-state index contributed by atoms with van der Waals surface area (Å²) in [6.07, 6.45) is 0.568. The molecule has 0 bridgehead atoms. The van der Waals surface area contributed by atoms with Gasteiger partial charge in [-0.05, 0) is 29.5 Å². The molecule has 1 atom stereocenters. The van der Waals surface area contributed by atoms with Crippen LogP contribution in [0.25, 0.3) is 0 Å². The summed E-state index contributed by atoms with van der Waals surface area (Å²) in [6.45, 7) is 4.87. The van der Waals surface area contributed by atoms with Gasteiger partial charge in [-0.2, -0.15) is 0 Å². The van der Waals surface area contributed by atoms with Gasteiger partial charge < -0.3 is 10.6 Å². The molecule has 4 heteroatoms. The number of carbonyl (C=O) groups is 1. The smallest absolute Gasteiger partial charge is 0.240 e. The molecule has 0 fully saturated rings. The zero-order valence-electron chi connectivity index (χ0n) is 10.8. The molecule has 2 N–H and O–H groups in total. The normalized spacial score (nSPS) is 16.6. The molecule has 1 aromatic carbocycles. The molecule has 0 saturated carbocycles. The fraction of sp³-hybridized carbons (Fsp3) is 0.500. The van der Waals surface area contributed by atoms with E-state index in [0.717, 1.165) is 11.1 Å². The van der Waals surface area contributed by atoms with E-state index < -0.39 is 6.04 Å². The number of halogens is 1. The van der Waals surface area contributed by atoms with E-state index in [2.05, 4.69) is 0 Å². The second-order valence-corrected chi connectivity index (χ2v) is 5.16. The molecule has 1 unspecified atom stereocenters. The van der Waals surface area contributed by atoms with E-state index >= 15 is 0 Å². The summed E-state index contributed by atoms with van der Waals surface area (Å²) in [5, 5.41) is 0. The minimum absolute atomic E-state index is 0.0417. The zero-order chi connectivity index (χ0) is 13.3. The van der Waals surface area contributed by atoms with Gasteiger partial charge in [0.2, 0.25) is 5.91 Å². The molecule has 0 saturated heterocycles.